The predicted octanol–water partition coefficient (Wildman–Crippen LogP) is 3.15. The molecule has 5 rings (SSSR count). The van der Waals surface area contributed by atoms with Crippen molar-refractivity contribution in [1.82, 2.24) is 4.90 Å². The Morgan fingerprint density at radius 3 is 2.57 bits per heavy atom. The molecule has 0 amide bonds. The van der Waals surface area contributed by atoms with Crippen LogP contribution in [0.1, 0.15) is 48.2 Å². The number of aliphatic hydroxyl groups excluding tert-OH is 2. The van der Waals surface area contributed by atoms with E-state index in [-0.39, 0.29) is 5.60 Å². The molecular weight excluding hydrogens is 382 g/mol. The highest BCUT2D eigenvalue weighted by atomic mass is 16.6. The molecule has 0 aliphatic carbocycles. The van der Waals surface area contributed by atoms with Crippen molar-refractivity contribution in [2.45, 2.75) is 44.0 Å². The van der Waals surface area contributed by atoms with E-state index < -0.39 is 12.2 Å². The molecule has 0 unspecified atom stereocenters. The molecule has 3 aliphatic rings. The third-order valence-electron chi connectivity index (χ3n) is 6.57. The van der Waals surface area contributed by atoms with E-state index in [1.165, 1.54) is 0 Å². The van der Waals surface area contributed by atoms with Crippen LogP contribution in [0.2, 0.25) is 0 Å². The summed E-state index contributed by atoms with van der Waals surface area (Å²) < 4.78 is 17.6. The summed E-state index contributed by atoms with van der Waals surface area (Å²) >= 11 is 0. The molecule has 1 saturated heterocycles. The molecule has 2 aromatic rings. The summed E-state index contributed by atoms with van der Waals surface area (Å²) in [4.78, 5) is 2.27. The number of likely N-dealkylation sites (tertiary alicyclic amines) is 1. The number of aryl methyl sites for hydroxylation is 1. The Balaban J connectivity index is 1.22. The monoisotopic (exact) mass is 411 g/mol. The van der Waals surface area contributed by atoms with Gasteiger partial charge in [-0.05, 0) is 49.6 Å². The second kappa shape index (κ2) is 7.76. The van der Waals surface area contributed by atoms with E-state index in [2.05, 4.69) is 4.90 Å². The lowest BCUT2D eigenvalue weighted by atomic mass is 9.81. The number of hydrogen-bond donors (Lipinski definition) is 2. The van der Waals surface area contributed by atoms with Crippen molar-refractivity contribution < 1.29 is 24.4 Å². The minimum Gasteiger partial charge on any atom is -0.487 e. The normalized spacial score (nSPS) is 23.5. The van der Waals surface area contributed by atoms with Crippen molar-refractivity contribution in [1.29, 1.82) is 0 Å². The first-order valence-corrected chi connectivity index (χ1v) is 10.8. The molecule has 3 heterocycles. The third kappa shape index (κ3) is 3.75. The highest BCUT2D eigenvalue weighted by Gasteiger charge is 2.43. The van der Waals surface area contributed by atoms with Gasteiger partial charge in [0.15, 0.2) is 11.5 Å². The number of ether oxygens (including phenoxy) is 3. The summed E-state index contributed by atoms with van der Waals surface area (Å²) in [6.45, 7) is 5.35. The van der Waals surface area contributed by atoms with E-state index in [1.54, 1.807) is 0 Å². The van der Waals surface area contributed by atoms with Crippen LogP contribution in [0.25, 0.3) is 0 Å². The van der Waals surface area contributed by atoms with Crippen LogP contribution in [-0.2, 0) is 0 Å². The van der Waals surface area contributed by atoms with Crippen LogP contribution in [0.3, 0.4) is 0 Å². The molecule has 6 heteroatoms. The first kappa shape index (κ1) is 19.7. The van der Waals surface area contributed by atoms with Gasteiger partial charge >= 0.3 is 0 Å². The standard InChI is InChI=1S/C24H29NO5/c1-16-2-4-21-18(12-16)19(26)14-24(30-21)6-8-25(9-7-24)15-20(27)17-3-5-22-23(13-17)29-11-10-28-22/h2-5,12-13,19-20,26-27H,6-11,14-15H2,1H3/t19-,20-/m0/s1. The van der Waals surface area contributed by atoms with E-state index in [1.807, 2.05) is 43.3 Å². The quantitative estimate of drug-likeness (QED) is 0.809. The number of aliphatic hydroxyl groups is 2. The fourth-order valence-corrected chi connectivity index (χ4v) is 4.82. The number of nitrogens with zero attached hydrogens (tertiary/aromatic N) is 1. The largest absolute Gasteiger partial charge is 0.487 e. The van der Waals surface area contributed by atoms with Gasteiger partial charge in [-0.25, -0.2) is 0 Å². The van der Waals surface area contributed by atoms with Gasteiger partial charge in [0.1, 0.15) is 24.6 Å². The van der Waals surface area contributed by atoms with Crippen LogP contribution in [0.15, 0.2) is 36.4 Å². The van der Waals surface area contributed by atoms with Gasteiger partial charge in [0.2, 0.25) is 0 Å². The van der Waals surface area contributed by atoms with Gasteiger partial charge in [-0.3, -0.25) is 0 Å². The van der Waals surface area contributed by atoms with Gasteiger partial charge < -0.3 is 29.3 Å². The summed E-state index contributed by atoms with van der Waals surface area (Å²) in [7, 11) is 0. The number of benzene rings is 2. The average molecular weight is 411 g/mol. The number of β-amino-alcohol motifs (C(OH)–C–C–N with tert-alkyl or cyclic N) is 1. The lowest BCUT2D eigenvalue weighted by Gasteiger charge is -2.46. The van der Waals surface area contributed by atoms with Crippen molar-refractivity contribution in [2.24, 2.45) is 0 Å². The zero-order chi connectivity index (χ0) is 20.7. The van der Waals surface area contributed by atoms with E-state index in [4.69, 9.17) is 14.2 Å². The van der Waals surface area contributed by atoms with Gasteiger partial charge in [-0.15, -0.1) is 0 Å². The van der Waals surface area contributed by atoms with Gasteiger partial charge in [-0.1, -0.05) is 17.7 Å². The molecule has 1 spiro atoms. The zero-order valence-corrected chi connectivity index (χ0v) is 17.3. The van der Waals surface area contributed by atoms with Crippen molar-refractivity contribution in [2.75, 3.05) is 32.8 Å². The Hall–Kier alpha value is -2.28. The van der Waals surface area contributed by atoms with E-state index in [0.717, 1.165) is 54.1 Å². The Kier molecular flexibility index (Phi) is 5.09. The molecule has 160 valence electrons. The molecule has 2 N–H and O–H groups in total. The molecule has 2 atom stereocenters. The van der Waals surface area contributed by atoms with Gasteiger partial charge in [-0.2, -0.15) is 0 Å². The Bertz CT molecular complexity index is 922. The summed E-state index contributed by atoms with van der Waals surface area (Å²) in [5, 5.41) is 21.5. The number of hydrogen-bond acceptors (Lipinski definition) is 6. The molecule has 0 bridgehead atoms. The first-order valence-electron chi connectivity index (χ1n) is 10.8. The SMILES string of the molecule is Cc1ccc2c(c1)[C@@H](O)CC1(CCN(C[C@H](O)c3ccc4c(c3)OCCO4)CC1)O2. The molecular formula is C24H29NO5. The summed E-state index contributed by atoms with van der Waals surface area (Å²) in [5.41, 5.74) is 2.56. The Morgan fingerprint density at radius 1 is 1.03 bits per heavy atom. The summed E-state index contributed by atoms with van der Waals surface area (Å²) in [6, 6.07) is 11.7. The number of rotatable bonds is 3. The second-order valence-electron chi connectivity index (χ2n) is 8.77. The molecule has 3 aliphatic heterocycles. The minimum atomic E-state index is -0.587. The fourth-order valence-electron chi connectivity index (χ4n) is 4.82. The Morgan fingerprint density at radius 2 is 1.77 bits per heavy atom. The van der Waals surface area contributed by atoms with Crippen LogP contribution < -0.4 is 14.2 Å². The second-order valence-corrected chi connectivity index (χ2v) is 8.77. The zero-order valence-electron chi connectivity index (χ0n) is 17.3. The molecule has 2 aromatic carbocycles. The molecule has 0 aromatic heterocycles. The van der Waals surface area contributed by atoms with Gasteiger partial charge in [0.25, 0.3) is 0 Å². The highest BCUT2D eigenvalue weighted by molar-refractivity contribution is 5.44. The van der Waals surface area contributed by atoms with E-state index >= 15 is 0 Å². The minimum absolute atomic E-state index is 0.319. The van der Waals surface area contributed by atoms with Crippen molar-refractivity contribution in [3.05, 3.63) is 53.1 Å². The van der Waals surface area contributed by atoms with Crippen LogP contribution in [0.5, 0.6) is 17.2 Å². The lowest BCUT2D eigenvalue weighted by molar-refractivity contribution is -0.0588. The van der Waals surface area contributed by atoms with Crippen LogP contribution >= 0.6 is 0 Å². The maximum atomic E-state index is 10.8. The maximum absolute atomic E-state index is 10.8. The lowest BCUT2D eigenvalue weighted by Crippen LogP contribution is -2.51. The number of fused-ring (bicyclic) bond motifs is 2. The fraction of sp³-hybridized carbons (Fsp3) is 0.500. The van der Waals surface area contributed by atoms with E-state index in [9.17, 15) is 10.2 Å². The summed E-state index contributed by atoms with van der Waals surface area (Å²) in [6.07, 6.45) is 1.23. The maximum Gasteiger partial charge on any atom is 0.161 e. The van der Waals surface area contributed by atoms with Crippen LogP contribution in [0, 0.1) is 6.92 Å². The topological polar surface area (TPSA) is 71.4 Å². The van der Waals surface area contributed by atoms with Crippen molar-refractivity contribution in [3.63, 3.8) is 0 Å². The number of piperidine rings is 1. The van der Waals surface area contributed by atoms with Crippen molar-refractivity contribution in [3.8, 4) is 17.2 Å². The van der Waals surface area contributed by atoms with Crippen molar-refractivity contribution >= 4 is 0 Å². The average Bonchev–Trinajstić information content (AvgIpc) is 2.76. The Labute approximate surface area is 177 Å². The predicted molar refractivity (Wildman–Crippen MR) is 112 cm³/mol. The van der Waals surface area contributed by atoms with Gasteiger partial charge in [0.05, 0.1) is 12.2 Å². The smallest absolute Gasteiger partial charge is 0.161 e. The van der Waals surface area contributed by atoms with Gasteiger partial charge in [0, 0.05) is 31.6 Å². The summed E-state index contributed by atoms with van der Waals surface area (Å²) in [5.74, 6) is 2.25. The highest BCUT2D eigenvalue weighted by Crippen LogP contribution is 2.44. The molecule has 30 heavy (non-hydrogen) atoms. The van der Waals surface area contributed by atoms with E-state index in [0.29, 0.717) is 31.9 Å². The molecule has 6 nitrogen and oxygen atoms in total. The third-order valence-corrected chi connectivity index (χ3v) is 6.57. The first-order chi connectivity index (χ1) is 14.5. The molecule has 1 fully saturated rings. The van der Waals surface area contributed by atoms with Crippen LogP contribution in [0.4, 0.5) is 0 Å². The molecule has 0 saturated carbocycles. The van der Waals surface area contributed by atoms with Crippen LogP contribution in [-0.4, -0.2) is 53.6 Å². The molecule has 0 radical (unpaired) electrons.